The minimum Gasteiger partial charge on any atom is -0.338 e. The van der Waals surface area contributed by atoms with E-state index in [2.05, 4.69) is 15.1 Å². The third-order valence-corrected chi connectivity index (χ3v) is 3.70. The molecule has 0 atom stereocenters. The molecule has 0 unspecified atom stereocenters. The fourth-order valence-electron chi connectivity index (χ4n) is 2.56. The van der Waals surface area contributed by atoms with Crippen molar-refractivity contribution < 1.29 is 4.39 Å². The zero-order chi connectivity index (χ0) is 16.7. The number of nitrogens with zero attached hydrogens (tertiary/aromatic N) is 2. The number of imidazole rings is 1. The molecule has 2 N–H and O–H groups in total. The van der Waals surface area contributed by atoms with Crippen molar-refractivity contribution in [2.45, 2.75) is 0 Å². The molecule has 118 valence electrons. The van der Waals surface area contributed by atoms with Crippen LogP contribution in [0.5, 0.6) is 0 Å². The van der Waals surface area contributed by atoms with Gasteiger partial charge in [-0.05, 0) is 23.8 Å². The van der Waals surface area contributed by atoms with Crippen molar-refractivity contribution in [2.24, 2.45) is 5.10 Å². The smallest absolute Gasteiger partial charge is 0.338 e. The van der Waals surface area contributed by atoms with Crippen LogP contribution in [0.1, 0.15) is 5.56 Å². The van der Waals surface area contributed by atoms with Gasteiger partial charge in [-0.2, -0.15) is 9.78 Å². The standard InChI is InChI=1S/C17H11FN4O2/c18-11-6-7-13-12(8-11)15(23)14-16(20-13)22(17(24)21-14)19-9-10-4-2-1-3-5-10/h1-9H,(H,20,23)(H,21,24). The average molecular weight is 322 g/mol. The lowest BCUT2D eigenvalue weighted by molar-refractivity contribution is 0.629. The normalized spacial score (nSPS) is 11.7. The Morgan fingerprint density at radius 1 is 1.04 bits per heavy atom. The van der Waals surface area contributed by atoms with Crippen LogP contribution >= 0.6 is 0 Å². The van der Waals surface area contributed by atoms with Gasteiger partial charge < -0.3 is 4.98 Å². The van der Waals surface area contributed by atoms with E-state index in [1.54, 1.807) is 0 Å². The van der Waals surface area contributed by atoms with Crippen LogP contribution in [0.4, 0.5) is 4.39 Å². The Hall–Kier alpha value is -3.48. The van der Waals surface area contributed by atoms with Crippen LogP contribution in [0.25, 0.3) is 22.1 Å². The number of aromatic nitrogens is 3. The number of nitrogens with one attached hydrogen (secondary N) is 2. The van der Waals surface area contributed by atoms with Crippen molar-refractivity contribution in [1.82, 2.24) is 14.6 Å². The molecule has 0 saturated carbocycles. The molecule has 4 rings (SSSR count). The van der Waals surface area contributed by atoms with E-state index in [0.29, 0.717) is 5.52 Å². The maximum absolute atomic E-state index is 13.4. The number of benzene rings is 2. The summed E-state index contributed by atoms with van der Waals surface area (Å²) in [5.41, 5.74) is 0.519. The lowest BCUT2D eigenvalue weighted by Gasteiger charge is -2.00. The Morgan fingerprint density at radius 3 is 2.62 bits per heavy atom. The maximum Gasteiger partial charge on any atom is 0.348 e. The zero-order valence-electron chi connectivity index (χ0n) is 12.3. The van der Waals surface area contributed by atoms with Gasteiger partial charge in [0.15, 0.2) is 5.65 Å². The Labute approximate surface area is 133 Å². The molecule has 2 aromatic heterocycles. The molecule has 0 saturated heterocycles. The molecular weight excluding hydrogens is 311 g/mol. The van der Waals surface area contributed by atoms with Crippen LogP contribution < -0.4 is 11.1 Å². The lowest BCUT2D eigenvalue weighted by Crippen LogP contribution is -2.12. The number of halogens is 1. The van der Waals surface area contributed by atoms with Crippen molar-refractivity contribution in [2.75, 3.05) is 0 Å². The van der Waals surface area contributed by atoms with Crippen molar-refractivity contribution in [1.29, 1.82) is 0 Å². The van der Waals surface area contributed by atoms with E-state index in [-0.39, 0.29) is 16.6 Å². The minimum absolute atomic E-state index is 0.0586. The van der Waals surface area contributed by atoms with Gasteiger partial charge in [0, 0.05) is 0 Å². The van der Waals surface area contributed by atoms with Crippen molar-refractivity contribution in [3.8, 4) is 0 Å². The Balaban J connectivity index is 1.97. The van der Waals surface area contributed by atoms with Crippen LogP contribution in [0.3, 0.4) is 0 Å². The van der Waals surface area contributed by atoms with Crippen molar-refractivity contribution >= 4 is 28.3 Å². The first-order valence-electron chi connectivity index (χ1n) is 7.19. The molecule has 0 aliphatic heterocycles. The van der Waals surface area contributed by atoms with Gasteiger partial charge in [0.2, 0.25) is 5.43 Å². The average Bonchev–Trinajstić information content (AvgIpc) is 2.91. The van der Waals surface area contributed by atoms with E-state index in [1.807, 2.05) is 30.3 Å². The summed E-state index contributed by atoms with van der Waals surface area (Å²) in [6.07, 6.45) is 1.52. The summed E-state index contributed by atoms with van der Waals surface area (Å²) in [6, 6.07) is 13.1. The zero-order valence-corrected chi connectivity index (χ0v) is 12.3. The van der Waals surface area contributed by atoms with Gasteiger partial charge in [-0.1, -0.05) is 30.3 Å². The van der Waals surface area contributed by atoms with Gasteiger partial charge in [0.25, 0.3) is 0 Å². The van der Waals surface area contributed by atoms with Crippen molar-refractivity contribution in [3.63, 3.8) is 0 Å². The lowest BCUT2D eigenvalue weighted by atomic mass is 10.2. The van der Waals surface area contributed by atoms with Crippen molar-refractivity contribution in [3.05, 3.63) is 80.6 Å². The van der Waals surface area contributed by atoms with E-state index < -0.39 is 16.9 Å². The molecule has 0 bridgehead atoms. The van der Waals surface area contributed by atoms with E-state index in [1.165, 1.54) is 18.3 Å². The van der Waals surface area contributed by atoms with Crippen LogP contribution in [-0.2, 0) is 0 Å². The molecule has 0 spiro atoms. The summed E-state index contributed by atoms with van der Waals surface area (Å²) in [6.45, 7) is 0. The first-order valence-corrected chi connectivity index (χ1v) is 7.19. The number of pyridine rings is 1. The summed E-state index contributed by atoms with van der Waals surface area (Å²) in [5, 5.41) is 4.30. The second-order valence-corrected chi connectivity index (χ2v) is 5.26. The molecule has 2 heterocycles. The first-order chi connectivity index (χ1) is 11.6. The topological polar surface area (TPSA) is 83.0 Å². The van der Waals surface area contributed by atoms with Gasteiger partial charge in [0.05, 0.1) is 17.1 Å². The van der Waals surface area contributed by atoms with Gasteiger partial charge in [-0.3, -0.25) is 9.78 Å². The number of H-pyrrole nitrogens is 2. The molecule has 4 aromatic rings. The predicted molar refractivity (Wildman–Crippen MR) is 90.1 cm³/mol. The van der Waals surface area contributed by atoms with Crippen LogP contribution in [-0.4, -0.2) is 20.9 Å². The fraction of sp³-hybridized carbons (Fsp3) is 0. The van der Waals surface area contributed by atoms with Gasteiger partial charge in [-0.15, -0.1) is 0 Å². The quantitative estimate of drug-likeness (QED) is 0.555. The van der Waals surface area contributed by atoms with Crippen LogP contribution in [0.2, 0.25) is 0 Å². The summed E-state index contributed by atoms with van der Waals surface area (Å²) in [5.74, 6) is -0.517. The number of hydrogen-bond acceptors (Lipinski definition) is 3. The molecule has 0 aliphatic carbocycles. The highest BCUT2D eigenvalue weighted by atomic mass is 19.1. The highest BCUT2D eigenvalue weighted by Gasteiger charge is 2.13. The molecular formula is C17H11FN4O2. The SMILES string of the molecule is O=c1c2cc(F)ccc2[nH]c2c1[nH]c(=O)n2N=Cc1ccccc1. The third kappa shape index (κ3) is 2.23. The molecule has 6 nitrogen and oxygen atoms in total. The summed E-state index contributed by atoms with van der Waals surface area (Å²) >= 11 is 0. The predicted octanol–water partition coefficient (Wildman–Crippen LogP) is 2.19. The van der Waals surface area contributed by atoms with E-state index in [4.69, 9.17) is 0 Å². The molecule has 7 heteroatoms. The van der Waals surface area contributed by atoms with Gasteiger partial charge >= 0.3 is 5.69 Å². The van der Waals surface area contributed by atoms with Gasteiger partial charge in [-0.25, -0.2) is 9.18 Å². The molecule has 0 radical (unpaired) electrons. The second kappa shape index (κ2) is 5.31. The Morgan fingerprint density at radius 2 is 1.83 bits per heavy atom. The fourth-order valence-corrected chi connectivity index (χ4v) is 2.56. The number of aromatic amines is 2. The Kier molecular flexibility index (Phi) is 3.13. The molecule has 0 aliphatic rings. The van der Waals surface area contributed by atoms with Gasteiger partial charge in [0.1, 0.15) is 11.3 Å². The Bertz CT molecular complexity index is 1200. The summed E-state index contributed by atoms with van der Waals surface area (Å²) in [4.78, 5) is 30.0. The summed E-state index contributed by atoms with van der Waals surface area (Å²) < 4.78 is 14.4. The molecule has 2 aromatic carbocycles. The highest BCUT2D eigenvalue weighted by molar-refractivity contribution is 5.89. The monoisotopic (exact) mass is 322 g/mol. The maximum atomic E-state index is 13.4. The van der Waals surface area contributed by atoms with E-state index >= 15 is 0 Å². The van der Waals surface area contributed by atoms with E-state index in [9.17, 15) is 14.0 Å². The number of hydrogen-bond donors (Lipinski definition) is 2. The summed E-state index contributed by atoms with van der Waals surface area (Å²) in [7, 11) is 0. The molecule has 0 amide bonds. The van der Waals surface area contributed by atoms with Crippen LogP contribution in [0, 0.1) is 5.82 Å². The third-order valence-electron chi connectivity index (χ3n) is 3.70. The number of rotatable bonds is 2. The first kappa shape index (κ1) is 14.1. The molecule has 24 heavy (non-hydrogen) atoms. The highest BCUT2D eigenvalue weighted by Crippen LogP contribution is 2.13. The largest absolute Gasteiger partial charge is 0.348 e. The van der Waals surface area contributed by atoms with E-state index in [0.717, 1.165) is 16.3 Å². The van der Waals surface area contributed by atoms with Crippen LogP contribution in [0.15, 0.2) is 63.2 Å². The number of fused-ring (bicyclic) bond motifs is 2. The molecule has 0 fully saturated rings. The second-order valence-electron chi connectivity index (χ2n) is 5.26. The minimum atomic E-state index is -0.554.